The summed E-state index contributed by atoms with van der Waals surface area (Å²) in [4.78, 5) is 21.1. The SMILES string of the molecule is CN(Cc1nc(-c2ccccc2)no1)C(=O)c1ccc(CN2CCCC2)cc1. The summed E-state index contributed by atoms with van der Waals surface area (Å²) in [6, 6.07) is 17.5. The van der Waals surface area contributed by atoms with Crippen molar-refractivity contribution in [3.63, 3.8) is 0 Å². The summed E-state index contributed by atoms with van der Waals surface area (Å²) in [7, 11) is 1.74. The third-order valence-corrected chi connectivity index (χ3v) is 5.02. The molecule has 6 heteroatoms. The van der Waals surface area contributed by atoms with E-state index in [1.54, 1.807) is 11.9 Å². The molecule has 0 bridgehead atoms. The molecule has 0 spiro atoms. The molecule has 0 aliphatic carbocycles. The highest BCUT2D eigenvalue weighted by molar-refractivity contribution is 5.94. The molecule has 3 aromatic rings. The number of amides is 1. The van der Waals surface area contributed by atoms with Gasteiger partial charge in [-0.25, -0.2) is 0 Å². The molecule has 144 valence electrons. The van der Waals surface area contributed by atoms with E-state index in [1.165, 1.54) is 31.5 Å². The molecule has 0 atom stereocenters. The summed E-state index contributed by atoms with van der Waals surface area (Å²) in [6.45, 7) is 3.56. The molecule has 1 aliphatic rings. The van der Waals surface area contributed by atoms with Crippen LogP contribution in [0.4, 0.5) is 0 Å². The van der Waals surface area contributed by atoms with E-state index < -0.39 is 0 Å². The van der Waals surface area contributed by atoms with Gasteiger partial charge in [-0.15, -0.1) is 0 Å². The molecule has 2 heterocycles. The zero-order valence-electron chi connectivity index (χ0n) is 16.0. The lowest BCUT2D eigenvalue weighted by atomic mass is 10.1. The van der Waals surface area contributed by atoms with Gasteiger partial charge in [-0.05, 0) is 43.6 Å². The lowest BCUT2D eigenvalue weighted by Gasteiger charge is -2.16. The van der Waals surface area contributed by atoms with Crippen molar-refractivity contribution < 1.29 is 9.32 Å². The first kappa shape index (κ1) is 18.4. The minimum absolute atomic E-state index is 0.0628. The molecule has 0 unspecified atom stereocenters. The van der Waals surface area contributed by atoms with Crippen LogP contribution in [0.1, 0.15) is 34.7 Å². The number of hydrogen-bond donors (Lipinski definition) is 0. The van der Waals surface area contributed by atoms with Gasteiger partial charge >= 0.3 is 0 Å². The summed E-state index contributed by atoms with van der Waals surface area (Å²) in [5.74, 6) is 0.884. The van der Waals surface area contributed by atoms with Crippen molar-refractivity contribution in [3.05, 3.63) is 71.6 Å². The fourth-order valence-electron chi connectivity index (χ4n) is 3.47. The number of hydrogen-bond acceptors (Lipinski definition) is 5. The smallest absolute Gasteiger partial charge is 0.254 e. The fraction of sp³-hybridized carbons (Fsp3) is 0.318. The lowest BCUT2D eigenvalue weighted by molar-refractivity contribution is 0.0769. The van der Waals surface area contributed by atoms with Crippen molar-refractivity contribution in [2.24, 2.45) is 0 Å². The van der Waals surface area contributed by atoms with Crippen molar-refractivity contribution in [3.8, 4) is 11.4 Å². The number of rotatable bonds is 6. The second-order valence-corrected chi connectivity index (χ2v) is 7.22. The van der Waals surface area contributed by atoms with Crippen LogP contribution >= 0.6 is 0 Å². The number of nitrogens with zero attached hydrogens (tertiary/aromatic N) is 4. The van der Waals surface area contributed by atoms with E-state index >= 15 is 0 Å². The van der Waals surface area contributed by atoms with Gasteiger partial charge in [-0.3, -0.25) is 9.69 Å². The molecule has 2 aromatic carbocycles. The Hall–Kier alpha value is -2.99. The zero-order chi connectivity index (χ0) is 19.3. The van der Waals surface area contributed by atoms with Crippen molar-refractivity contribution in [2.45, 2.75) is 25.9 Å². The van der Waals surface area contributed by atoms with Crippen LogP contribution < -0.4 is 0 Å². The van der Waals surface area contributed by atoms with E-state index in [9.17, 15) is 4.79 Å². The molecule has 1 saturated heterocycles. The highest BCUT2D eigenvalue weighted by Crippen LogP contribution is 2.17. The van der Waals surface area contributed by atoms with E-state index in [2.05, 4.69) is 15.0 Å². The number of aromatic nitrogens is 2. The Balaban J connectivity index is 1.37. The van der Waals surface area contributed by atoms with Crippen LogP contribution in [0.2, 0.25) is 0 Å². The molecule has 1 aliphatic heterocycles. The molecule has 0 saturated carbocycles. The van der Waals surface area contributed by atoms with Gasteiger partial charge < -0.3 is 9.42 Å². The van der Waals surface area contributed by atoms with Gasteiger partial charge in [0.2, 0.25) is 11.7 Å². The first-order valence-electron chi connectivity index (χ1n) is 9.64. The Bertz CT molecular complexity index is 915. The lowest BCUT2D eigenvalue weighted by Crippen LogP contribution is -2.26. The third kappa shape index (κ3) is 4.28. The number of carbonyl (C=O) groups is 1. The average molecular weight is 376 g/mol. The van der Waals surface area contributed by atoms with Gasteiger partial charge in [-0.2, -0.15) is 4.98 Å². The minimum Gasteiger partial charge on any atom is -0.337 e. The zero-order valence-corrected chi connectivity index (χ0v) is 16.0. The highest BCUT2D eigenvalue weighted by atomic mass is 16.5. The molecular weight excluding hydrogens is 352 g/mol. The van der Waals surface area contributed by atoms with Crippen molar-refractivity contribution in [2.75, 3.05) is 20.1 Å². The predicted octanol–water partition coefficient (Wildman–Crippen LogP) is 3.60. The van der Waals surface area contributed by atoms with Crippen molar-refractivity contribution >= 4 is 5.91 Å². The van der Waals surface area contributed by atoms with Crippen molar-refractivity contribution in [1.82, 2.24) is 19.9 Å². The van der Waals surface area contributed by atoms with Gasteiger partial charge in [-0.1, -0.05) is 47.6 Å². The second kappa shape index (κ2) is 8.35. The van der Waals surface area contributed by atoms with Crippen LogP contribution in [0.3, 0.4) is 0 Å². The molecule has 4 rings (SSSR count). The van der Waals surface area contributed by atoms with Gasteiger partial charge in [0, 0.05) is 24.7 Å². The maximum absolute atomic E-state index is 12.7. The van der Waals surface area contributed by atoms with E-state index in [0.29, 0.717) is 17.3 Å². The number of carbonyl (C=O) groups excluding carboxylic acids is 1. The Kier molecular flexibility index (Phi) is 5.48. The van der Waals surface area contributed by atoms with E-state index in [0.717, 1.165) is 12.1 Å². The van der Waals surface area contributed by atoms with E-state index in [4.69, 9.17) is 4.52 Å². The fourth-order valence-corrected chi connectivity index (χ4v) is 3.47. The largest absolute Gasteiger partial charge is 0.337 e. The van der Waals surface area contributed by atoms with Gasteiger partial charge in [0.1, 0.15) is 0 Å². The normalized spacial score (nSPS) is 14.3. The molecular formula is C22H24N4O2. The van der Waals surface area contributed by atoms with Crippen LogP contribution in [0, 0.1) is 0 Å². The Labute approximate surface area is 164 Å². The quantitative estimate of drug-likeness (QED) is 0.658. The maximum Gasteiger partial charge on any atom is 0.254 e. The molecule has 1 aromatic heterocycles. The van der Waals surface area contributed by atoms with Crippen LogP contribution in [0.15, 0.2) is 59.1 Å². The molecule has 6 nitrogen and oxygen atoms in total. The predicted molar refractivity (Wildman–Crippen MR) is 106 cm³/mol. The minimum atomic E-state index is -0.0628. The standard InChI is InChI=1S/C22H24N4O2/c1-25(16-20-23-21(24-28-20)18-7-3-2-4-8-18)22(27)19-11-9-17(10-12-19)15-26-13-5-6-14-26/h2-4,7-12H,5-6,13-16H2,1H3. The molecule has 0 N–H and O–H groups in total. The number of likely N-dealkylation sites (tertiary alicyclic amines) is 1. The van der Waals surface area contributed by atoms with Gasteiger partial charge in [0.15, 0.2) is 0 Å². The van der Waals surface area contributed by atoms with E-state index in [-0.39, 0.29) is 12.5 Å². The highest BCUT2D eigenvalue weighted by Gasteiger charge is 2.17. The summed E-state index contributed by atoms with van der Waals surface area (Å²) in [6.07, 6.45) is 2.56. The first-order valence-corrected chi connectivity index (χ1v) is 9.64. The van der Waals surface area contributed by atoms with Crippen LogP contribution in [0.25, 0.3) is 11.4 Å². The summed E-state index contributed by atoms with van der Waals surface area (Å²) < 4.78 is 5.31. The summed E-state index contributed by atoms with van der Waals surface area (Å²) >= 11 is 0. The third-order valence-electron chi connectivity index (χ3n) is 5.02. The molecule has 1 amide bonds. The Morgan fingerprint density at radius 3 is 2.50 bits per heavy atom. The van der Waals surface area contributed by atoms with Crippen molar-refractivity contribution in [1.29, 1.82) is 0 Å². The second-order valence-electron chi connectivity index (χ2n) is 7.22. The number of benzene rings is 2. The molecule has 1 fully saturated rings. The Morgan fingerprint density at radius 2 is 1.79 bits per heavy atom. The first-order chi connectivity index (χ1) is 13.7. The van der Waals surface area contributed by atoms with Gasteiger partial charge in [0.05, 0.1) is 6.54 Å². The van der Waals surface area contributed by atoms with Crippen LogP contribution in [-0.4, -0.2) is 46.0 Å². The average Bonchev–Trinajstić information content (AvgIpc) is 3.41. The monoisotopic (exact) mass is 376 g/mol. The topological polar surface area (TPSA) is 62.5 Å². The summed E-state index contributed by atoms with van der Waals surface area (Å²) in [5, 5.41) is 4.00. The Morgan fingerprint density at radius 1 is 1.07 bits per heavy atom. The van der Waals surface area contributed by atoms with Crippen LogP contribution in [0.5, 0.6) is 0 Å². The maximum atomic E-state index is 12.7. The summed E-state index contributed by atoms with van der Waals surface area (Å²) in [5.41, 5.74) is 2.79. The molecule has 0 radical (unpaired) electrons. The van der Waals surface area contributed by atoms with Crippen LogP contribution in [-0.2, 0) is 13.1 Å². The molecule has 28 heavy (non-hydrogen) atoms. The van der Waals surface area contributed by atoms with Gasteiger partial charge in [0.25, 0.3) is 5.91 Å². The van der Waals surface area contributed by atoms with E-state index in [1.807, 2.05) is 54.6 Å².